The zero-order valence-electron chi connectivity index (χ0n) is 21.1. The summed E-state index contributed by atoms with van der Waals surface area (Å²) in [5, 5.41) is 14.5. The van der Waals surface area contributed by atoms with Gasteiger partial charge in [0.1, 0.15) is 13.3 Å². The third kappa shape index (κ3) is 3.95. The molecule has 0 aliphatic carbocycles. The maximum Gasteiger partial charge on any atom is 0.343 e. The Morgan fingerprint density at radius 3 is 2.79 bits per heavy atom. The third-order valence-electron chi connectivity index (χ3n) is 7.28. The standard InChI is InChI=1S/C27H26N4O8/c1-2-27(35)18-7-20-24-16(10-31(20)25(33)17(18)11-37-26(27)34)14(4-3-5-36-12-29-23(32)9-28)15-6-21-22(39-13-38-21)8-19(15)30-24/h3-4,6-8,35H,2,5,9-13,28H2,1H3,(H,29,32)/b4-3+/t27-/m0/s1. The number of aromatic nitrogens is 2. The highest BCUT2D eigenvalue weighted by molar-refractivity contribution is 5.95. The largest absolute Gasteiger partial charge is 0.458 e. The van der Waals surface area contributed by atoms with Crippen molar-refractivity contribution in [2.45, 2.75) is 32.1 Å². The van der Waals surface area contributed by atoms with Crippen LogP contribution in [-0.2, 0) is 37.8 Å². The fraction of sp³-hybridized carbons (Fsp3) is 0.333. The number of fused-ring (bicyclic) bond motifs is 6. The van der Waals surface area contributed by atoms with Crippen molar-refractivity contribution in [3.63, 3.8) is 0 Å². The molecule has 1 amide bonds. The normalized spacial score (nSPS) is 18.7. The topological polar surface area (TPSA) is 164 Å². The molecule has 3 aliphatic rings. The van der Waals surface area contributed by atoms with Crippen LogP contribution in [0.4, 0.5) is 0 Å². The maximum absolute atomic E-state index is 13.6. The molecule has 3 aliphatic heterocycles. The van der Waals surface area contributed by atoms with E-state index in [-0.39, 0.29) is 68.8 Å². The Hall–Kier alpha value is -4.26. The van der Waals surface area contributed by atoms with E-state index in [2.05, 4.69) is 5.32 Å². The number of esters is 1. The molecule has 4 N–H and O–H groups in total. The second kappa shape index (κ2) is 9.49. The molecule has 39 heavy (non-hydrogen) atoms. The second-order valence-electron chi connectivity index (χ2n) is 9.40. The van der Waals surface area contributed by atoms with Crippen LogP contribution in [-0.4, -0.2) is 53.2 Å². The van der Waals surface area contributed by atoms with Crippen molar-refractivity contribution >= 4 is 28.9 Å². The zero-order valence-corrected chi connectivity index (χ0v) is 21.1. The number of nitrogens with two attached hydrogens (primary N) is 1. The lowest BCUT2D eigenvalue weighted by molar-refractivity contribution is -0.172. The molecular formula is C27H26N4O8. The van der Waals surface area contributed by atoms with Gasteiger partial charge in [-0.15, -0.1) is 0 Å². The van der Waals surface area contributed by atoms with E-state index in [0.717, 1.165) is 16.5 Å². The SMILES string of the molecule is CC[C@@]1(O)C(=O)OCc2c1cc1n(c2=O)Cc2c-1nc1cc3c(cc1c2/C=C/COCNC(=O)CN)OCO3. The summed E-state index contributed by atoms with van der Waals surface area (Å²) in [6.45, 7) is 1.90. The molecule has 1 atom stereocenters. The Kier molecular flexibility index (Phi) is 6.09. The van der Waals surface area contributed by atoms with E-state index < -0.39 is 11.6 Å². The lowest BCUT2D eigenvalue weighted by Gasteiger charge is -2.31. The Balaban J connectivity index is 1.46. The first-order valence-electron chi connectivity index (χ1n) is 12.5. The van der Waals surface area contributed by atoms with Crippen LogP contribution >= 0.6 is 0 Å². The van der Waals surface area contributed by atoms with Crippen LogP contribution in [0.2, 0.25) is 0 Å². The average molecular weight is 535 g/mol. The molecule has 2 aromatic heterocycles. The predicted octanol–water partition coefficient (Wildman–Crippen LogP) is 0.871. The molecule has 1 aromatic carbocycles. The van der Waals surface area contributed by atoms with Gasteiger partial charge in [0, 0.05) is 22.6 Å². The molecule has 12 heteroatoms. The number of ether oxygens (including phenoxy) is 4. The van der Waals surface area contributed by atoms with Crippen molar-refractivity contribution in [3.05, 3.63) is 56.9 Å². The number of carbonyl (C=O) groups excluding carboxylic acids is 2. The Morgan fingerprint density at radius 2 is 2.03 bits per heavy atom. The number of carbonyl (C=O) groups is 2. The van der Waals surface area contributed by atoms with E-state index in [0.29, 0.717) is 28.4 Å². The third-order valence-corrected chi connectivity index (χ3v) is 7.28. The summed E-state index contributed by atoms with van der Waals surface area (Å²) in [6.07, 6.45) is 3.73. The molecule has 0 unspecified atom stereocenters. The van der Waals surface area contributed by atoms with Crippen molar-refractivity contribution in [1.29, 1.82) is 0 Å². The Bertz CT molecular complexity index is 1630. The van der Waals surface area contributed by atoms with Gasteiger partial charge in [0.05, 0.1) is 42.2 Å². The lowest BCUT2D eigenvalue weighted by atomic mass is 9.86. The van der Waals surface area contributed by atoms with Gasteiger partial charge in [-0.05, 0) is 24.1 Å². The number of hydrogen-bond acceptors (Lipinski definition) is 10. The van der Waals surface area contributed by atoms with Crippen LogP contribution in [0.5, 0.6) is 11.5 Å². The summed E-state index contributed by atoms with van der Waals surface area (Å²) in [4.78, 5) is 42.3. The van der Waals surface area contributed by atoms with Gasteiger partial charge in [-0.25, -0.2) is 9.78 Å². The molecule has 202 valence electrons. The van der Waals surface area contributed by atoms with Crippen LogP contribution in [0.15, 0.2) is 29.1 Å². The Morgan fingerprint density at radius 1 is 1.23 bits per heavy atom. The number of amides is 1. The highest BCUT2D eigenvalue weighted by Crippen LogP contribution is 2.43. The fourth-order valence-electron chi connectivity index (χ4n) is 5.19. The van der Waals surface area contributed by atoms with Gasteiger partial charge >= 0.3 is 5.97 Å². The van der Waals surface area contributed by atoms with Crippen molar-refractivity contribution in [2.75, 3.05) is 26.7 Å². The minimum atomic E-state index is -1.91. The van der Waals surface area contributed by atoms with E-state index in [1.165, 1.54) is 0 Å². The smallest absolute Gasteiger partial charge is 0.343 e. The molecule has 0 spiro atoms. The first-order valence-corrected chi connectivity index (χ1v) is 12.5. The fourth-order valence-corrected chi connectivity index (χ4v) is 5.19. The van der Waals surface area contributed by atoms with E-state index in [9.17, 15) is 19.5 Å². The summed E-state index contributed by atoms with van der Waals surface area (Å²) in [5.41, 5.74) is 6.83. The monoisotopic (exact) mass is 534 g/mol. The van der Waals surface area contributed by atoms with E-state index in [4.69, 9.17) is 29.7 Å². The van der Waals surface area contributed by atoms with E-state index in [1.54, 1.807) is 29.7 Å². The van der Waals surface area contributed by atoms with Gasteiger partial charge < -0.3 is 39.7 Å². The summed E-state index contributed by atoms with van der Waals surface area (Å²) < 4.78 is 23.4. The molecule has 0 fully saturated rings. The first kappa shape index (κ1) is 25.0. The summed E-state index contributed by atoms with van der Waals surface area (Å²) in [7, 11) is 0. The lowest BCUT2D eigenvalue weighted by Crippen LogP contribution is -2.44. The number of benzene rings is 1. The minimum absolute atomic E-state index is 0.0157. The van der Waals surface area contributed by atoms with Crippen LogP contribution in [0.25, 0.3) is 28.4 Å². The second-order valence-corrected chi connectivity index (χ2v) is 9.40. The van der Waals surface area contributed by atoms with Gasteiger partial charge in [0.2, 0.25) is 12.7 Å². The number of nitrogens with zero attached hydrogens (tertiary/aromatic N) is 2. The molecule has 5 heterocycles. The number of cyclic esters (lactones) is 1. The van der Waals surface area contributed by atoms with Gasteiger partial charge in [-0.3, -0.25) is 9.59 Å². The number of hydrogen-bond donors (Lipinski definition) is 3. The van der Waals surface area contributed by atoms with Gasteiger partial charge in [-0.2, -0.15) is 0 Å². The minimum Gasteiger partial charge on any atom is -0.458 e. The van der Waals surface area contributed by atoms with Crippen molar-refractivity contribution < 1.29 is 33.6 Å². The molecule has 0 saturated carbocycles. The van der Waals surface area contributed by atoms with Gasteiger partial charge in [0.25, 0.3) is 5.56 Å². The first-order chi connectivity index (χ1) is 18.9. The summed E-state index contributed by atoms with van der Waals surface area (Å²) in [6, 6.07) is 5.31. The number of aliphatic hydroxyl groups is 1. The van der Waals surface area contributed by atoms with Crippen molar-refractivity contribution in [1.82, 2.24) is 14.9 Å². The summed E-state index contributed by atoms with van der Waals surface area (Å²) in [5.74, 6) is 0.0609. The average Bonchev–Trinajstić information content (AvgIpc) is 3.55. The molecule has 12 nitrogen and oxygen atoms in total. The molecular weight excluding hydrogens is 508 g/mol. The molecule has 0 saturated heterocycles. The van der Waals surface area contributed by atoms with Crippen molar-refractivity contribution in [2.24, 2.45) is 5.73 Å². The van der Waals surface area contributed by atoms with Gasteiger partial charge in [0.15, 0.2) is 17.1 Å². The van der Waals surface area contributed by atoms with Crippen LogP contribution in [0.3, 0.4) is 0 Å². The van der Waals surface area contributed by atoms with Gasteiger partial charge in [-0.1, -0.05) is 19.1 Å². The number of pyridine rings is 2. The molecule has 3 aromatic rings. The highest BCUT2D eigenvalue weighted by atomic mass is 16.7. The highest BCUT2D eigenvalue weighted by Gasteiger charge is 2.45. The summed E-state index contributed by atoms with van der Waals surface area (Å²) >= 11 is 0. The van der Waals surface area contributed by atoms with Crippen LogP contribution < -0.4 is 26.1 Å². The number of rotatable bonds is 7. The van der Waals surface area contributed by atoms with Crippen LogP contribution in [0.1, 0.15) is 35.6 Å². The molecule has 0 bridgehead atoms. The quantitative estimate of drug-likeness (QED) is 0.176. The molecule has 0 radical (unpaired) electrons. The Labute approximate surface area is 221 Å². The number of nitrogens with one attached hydrogen (secondary N) is 1. The zero-order chi connectivity index (χ0) is 27.3. The van der Waals surface area contributed by atoms with E-state index in [1.807, 2.05) is 12.1 Å². The molecule has 6 rings (SSSR count). The maximum atomic E-state index is 13.6. The van der Waals surface area contributed by atoms with E-state index >= 15 is 0 Å². The van der Waals surface area contributed by atoms with Crippen LogP contribution in [0, 0.1) is 0 Å². The van der Waals surface area contributed by atoms with Crippen molar-refractivity contribution in [3.8, 4) is 22.9 Å². The predicted molar refractivity (Wildman–Crippen MR) is 138 cm³/mol.